The molecule has 5 rings (SSSR count). The lowest BCUT2D eigenvalue weighted by Gasteiger charge is -2.49. The van der Waals surface area contributed by atoms with Crippen molar-refractivity contribution >= 4 is 0 Å². The second-order valence-corrected chi connectivity index (χ2v) is 10.1. The van der Waals surface area contributed by atoms with Crippen LogP contribution in [0.2, 0.25) is 0 Å². The lowest BCUT2D eigenvalue weighted by atomic mass is 9.65. The minimum atomic E-state index is -0.309. The SMILES string of the molecule is CCC1(CC)Oc2cc(OC)ccc2[C@H](c2ccc(OCCN3CCCC3)cc2)[C@H]1c1ccccc1. The molecule has 190 valence electrons. The Kier molecular flexibility index (Phi) is 7.52. The minimum absolute atomic E-state index is 0.167. The van der Waals surface area contributed by atoms with Crippen LogP contribution in [0.4, 0.5) is 0 Å². The van der Waals surface area contributed by atoms with E-state index in [0.717, 1.165) is 43.2 Å². The van der Waals surface area contributed by atoms with Crippen LogP contribution >= 0.6 is 0 Å². The molecular weight excluding hydrogens is 446 g/mol. The molecule has 3 aromatic carbocycles. The molecular formula is C32H39NO3. The standard InChI is InChI=1S/C32H39NO3/c1-4-32(5-2)31(25-11-7-6-8-12-25)30(28-18-17-27(34-3)23-29(28)36-32)24-13-15-26(16-14-24)35-22-21-33-19-9-10-20-33/h6-8,11-18,23,30-31H,4-5,9-10,19-22H2,1-3H3/t30-,31+/m0/s1. The molecule has 0 bridgehead atoms. The second-order valence-electron chi connectivity index (χ2n) is 10.1. The van der Waals surface area contributed by atoms with Crippen LogP contribution in [0.5, 0.6) is 17.2 Å². The summed E-state index contributed by atoms with van der Waals surface area (Å²) < 4.78 is 18.6. The molecule has 3 aromatic rings. The van der Waals surface area contributed by atoms with E-state index in [0.29, 0.717) is 0 Å². The molecule has 4 nitrogen and oxygen atoms in total. The summed E-state index contributed by atoms with van der Waals surface area (Å²) in [6, 6.07) is 26.0. The third-order valence-corrected chi connectivity index (χ3v) is 8.24. The third-order valence-electron chi connectivity index (χ3n) is 8.24. The summed E-state index contributed by atoms with van der Waals surface area (Å²) in [7, 11) is 1.71. The minimum Gasteiger partial charge on any atom is -0.497 e. The fourth-order valence-corrected chi connectivity index (χ4v) is 6.19. The molecule has 0 unspecified atom stereocenters. The summed E-state index contributed by atoms with van der Waals surface area (Å²) in [5, 5.41) is 0. The number of hydrogen-bond acceptors (Lipinski definition) is 4. The molecule has 2 heterocycles. The van der Waals surface area contributed by atoms with Gasteiger partial charge >= 0.3 is 0 Å². The van der Waals surface area contributed by atoms with E-state index in [-0.39, 0.29) is 17.4 Å². The fourth-order valence-electron chi connectivity index (χ4n) is 6.19. The Hall–Kier alpha value is -2.98. The van der Waals surface area contributed by atoms with Gasteiger partial charge in [0.05, 0.1) is 7.11 Å². The molecule has 1 fully saturated rings. The van der Waals surface area contributed by atoms with E-state index in [1.807, 2.05) is 0 Å². The highest BCUT2D eigenvalue weighted by Crippen LogP contribution is 2.55. The van der Waals surface area contributed by atoms with Crippen molar-refractivity contribution < 1.29 is 14.2 Å². The zero-order chi connectivity index (χ0) is 25.0. The highest BCUT2D eigenvalue weighted by molar-refractivity contribution is 5.53. The zero-order valence-corrected chi connectivity index (χ0v) is 21.9. The molecule has 2 atom stereocenters. The summed E-state index contributed by atoms with van der Waals surface area (Å²) >= 11 is 0. The first-order chi connectivity index (χ1) is 17.7. The van der Waals surface area contributed by atoms with Crippen LogP contribution in [0, 0.1) is 0 Å². The van der Waals surface area contributed by atoms with Crippen molar-refractivity contribution in [2.24, 2.45) is 0 Å². The lowest BCUT2D eigenvalue weighted by Crippen LogP contribution is -2.47. The van der Waals surface area contributed by atoms with E-state index in [9.17, 15) is 0 Å². The predicted molar refractivity (Wildman–Crippen MR) is 146 cm³/mol. The van der Waals surface area contributed by atoms with Gasteiger partial charge in [0.25, 0.3) is 0 Å². The number of nitrogens with zero attached hydrogens (tertiary/aromatic N) is 1. The molecule has 0 amide bonds. The van der Waals surface area contributed by atoms with E-state index in [2.05, 4.69) is 91.5 Å². The van der Waals surface area contributed by atoms with Gasteiger partial charge in [-0.1, -0.05) is 62.4 Å². The average Bonchev–Trinajstić information content (AvgIpc) is 3.46. The molecule has 2 aliphatic rings. The van der Waals surface area contributed by atoms with Gasteiger partial charge in [0.2, 0.25) is 0 Å². The molecule has 0 spiro atoms. The highest BCUT2D eigenvalue weighted by Gasteiger charge is 2.49. The number of likely N-dealkylation sites (tertiary alicyclic amines) is 1. The predicted octanol–water partition coefficient (Wildman–Crippen LogP) is 7.04. The Morgan fingerprint density at radius 3 is 2.22 bits per heavy atom. The maximum atomic E-state index is 6.90. The molecule has 1 saturated heterocycles. The van der Waals surface area contributed by atoms with E-state index >= 15 is 0 Å². The van der Waals surface area contributed by atoms with Gasteiger partial charge < -0.3 is 14.2 Å². The Bertz CT molecular complexity index is 1120. The first kappa shape index (κ1) is 24.7. The number of fused-ring (bicyclic) bond motifs is 1. The molecule has 4 heteroatoms. The van der Waals surface area contributed by atoms with Gasteiger partial charge in [-0.05, 0) is 68.1 Å². The van der Waals surface area contributed by atoms with Crippen molar-refractivity contribution in [3.8, 4) is 17.2 Å². The topological polar surface area (TPSA) is 30.9 Å². The molecule has 0 N–H and O–H groups in total. The quantitative estimate of drug-likeness (QED) is 0.325. The van der Waals surface area contributed by atoms with Crippen molar-refractivity contribution in [2.75, 3.05) is 33.4 Å². The van der Waals surface area contributed by atoms with Crippen LogP contribution in [-0.2, 0) is 0 Å². The number of benzene rings is 3. The molecule has 0 aliphatic carbocycles. The fraction of sp³-hybridized carbons (Fsp3) is 0.438. The van der Waals surface area contributed by atoms with Gasteiger partial charge in [0.1, 0.15) is 29.5 Å². The normalized spacial score (nSPS) is 21.0. The molecule has 2 aliphatic heterocycles. The van der Waals surface area contributed by atoms with Crippen molar-refractivity contribution in [2.45, 2.75) is 57.0 Å². The van der Waals surface area contributed by atoms with Crippen molar-refractivity contribution in [3.63, 3.8) is 0 Å². The Morgan fingerprint density at radius 1 is 0.861 bits per heavy atom. The molecule has 0 radical (unpaired) electrons. The summed E-state index contributed by atoms with van der Waals surface area (Å²) in [5.74, 6) is 3.06. The highest BCUT2D eigenvalue weighted by atomic mass is 16.5. The van der Waals surface area contributed by atoms with Gasteiger partial charge in [0.15, 0.2) is 0 Å². The number of methoxy groups -OCH3 is 1. The number of rotatable bonds is 9. The summed E-state index contributed by atoms with van der Waals surface area (Å²) in [4.78, 5) is 2.49. The van der Waals surface area contributed by atoms with Gasteiger partial charge in [-0.25, -0.2) is 0 Å². The Balaban J connectivity index is 1.51. The Morgan fingerprint density at radius 2 is 1.56 bits per heavy atom. The lowest BCUT2D eigenvalue weighted by molar-refractivity contribution is 0.00953. The van der Waals surface area contributed by atoms with E-state index in [1.165, 1.54) is 42.6 Å². The largest absolute Gasteiger partial charge is 0.497 e. The maximum absolute atomic E-state index is 6.90. The van der Waals surface area contributed by atoms with E-state index in [4.69, 9.17) is 14.2 Å². The average molecular weight is 486 g/mol. The molecule has 36 heavy (non-hydrogen) atoms. The van der Waals surface area contributed by atoms with Crippen LogP contribution in [0.15, 0.2) is 72.8 Å². The van der Waals surface area contributed by atoms with Crippen molar-refractivity contribution in [1.82, 2.24) is 4.90 Å². The van der Waals surface area contributed by atoms with E-state index < -0.39 is 0 Å². The maximum Gasteiger partial charge on any atom is 0.127 e. The van der Waals surface area contributed by atoms with Crippen LogP contribution in [0.1, 0.15) is 68.1 Å². The van der Waals surface area contributed by atoms with Gasteiger partial charge in [0, 0.05) is 30.0 Å². The smallest absolute Gasteiger partial charge is 0.127 e. The molecule has 0 saturated carbocycles. The van der Waals surface area contributed by atoms with Crippen LogP contribution < -0.4 is 14.2 Å². The summed E-state index contributed by atoms with van der Waals surface area (Å²) in [6.07, 6.45) is 4.47. The van der Waals surface area contributed by atoms with Gasteiger partial charge in [-0.15, -0.1) is 0 Å². The number of hydrogen-bond donors (Lipinski definition) is 0. The van der Waals surface area contributed by atoms with Crippen molar-refractivity contribution in [1.29, 1.82) is 0 Å². The van der Waals surface area contributed by atoms with Gasteiger partial charge in [-0.3, -0.25) is 4.90 Å². The Labute approximate surface area is 216 Å². The first-order valence-corrected chi connectivity index (χ1v) is 13.5. The second kappa shape index (κ2) is 11.0. The van der Waals surface area contributed by atoms with E-state index in [1.54, 1.807) is 7.11 Å². The number of ether oxygens (including phenoxy) is 3. The van der Waals surface area contributed by atoms with Gasteiger partial charge in [-0.2, -0.15) is 0 Å². The van der Waals surface area contributed by atoms with Crippen molar-refractivity contribution in [3.05, 3.63) is 89.5 Å². The zero-order valence-electron chi connectivity index (χ0n) is 21.9. The van der Waals surface area contributed by atoms with Crippen LogP contribution in [0.3, 0.4) is 0 Å². The molecule has 0 aromatic heterocycles. The third kappa shape index (κ3) is 4.84. The van der Waals surface area contributed by atoms with Crippen LogP contribution in [-0.4, -0.2) is 43.9 Å². The first-order valence-electron chi connectivity index (χ1n) is 13.5. The summed E-state index contributed by atoms with van der Waals surface area (Å²) in [6.45, 7) is 8.64. The summed E-state index contributed by atoms with van der Waals surface area (Å²) in [5.41, 5.74) is 3.51. The van der Waals surface area contributed by atoms with Crippen LogP contribution in [0.25, 0.3) is 0 Å². The monoisotopic (exact) mass is 485 g/mol.